The Labute approximate surface area is 337 Å². The van der Waals surface area contributed by atoms with Gasteiger partial charge in [0.15, 0.2) is 5.79 Å². The molecule has 3 saturated heterocycles. The van der Waals surface area contributed by atoms with E-state index in [9.17, 15) is 5.11 Å². The molecule has 3 fully saturated rings. The summed E-state index contributed by atoms with van der Waals surface area (Å²) in [7, 11) is 1.67. The minimum Gasteiger partial charge on any atom is -0.497 e. The van der Waals surface area contributed by atoms with Crippen molar-refractivity contribution in [3.63, 3.8) is 0 Å². The van der Waals surface area contributed by atoms with Crippen molar-refractivity contribution in [2.24, 2.45) is 11.8 Å². The fourth-order valence-corrected chi connectivity index (χ4v) is 11.5. The van der Waals surface area contributed by atoms with Crippen LogP contribution >= 0.6 is 23.5 Å². The number of methoxy groups -OCH3 is 1. The summed E-state index contributed by atoms with van der Waals surface area (Å²) in [5.41, 5.74) is 3.35. The molecule has 0 aromatic heterocycles. The molecule has 3 aliphatic rings. The minimum absolute atomic E-state index is 0.0555. The Hall–Kier alpha value is -2.12. The standard InChI is InChI=1S/C45H62O8S2/c1-32-38(19-12-13-24-48-28-34-15-8-6-9-16-34)52-44(3,4)53-39(32)27-45(54-25-14-26-55-45)43(46)42-33(2)41(50-30-35-17-10-7-11-18-35)40(31-51-42)49-29-36-20-22-37(47-5)23-21-36/h6-11,15-18,20-23,32-33,38-43,46H,12-14,19,24-31H2,1-5H3/t32-,33+,38+,39-,40-,41+,42+,43-/m0/s1. The Kier molecular flexibility index (Phi) is 15.9. The van der Waals surface area contributed by atoms with Gasteiger partial charge in [0.25, 0.3) is 0 Å². The first-order valence-corrected chi connectivity index (χ1v) is 22.1. The van der Waals surface area contributed by atoms with Crippen LogP contribution in [0.25, 0.3) is 0 Å². The topological polar surface area (TPSA) is 84.8 Å². The van der Waals surface area contributed by atoms with Crippen molar-refractivity contribution >= 4 is 23.5 Å². The SMILES string of the molecule is COc1ccc(CO[C@H]2CO[C@@H]([C@H](O)C3(C[C@@H]4OC(C)(C)O[C@H](CCCCOCc5ccccc5)[C@@H]4C)SCCCS3)[C@H](C)[C@H]2OCc2ccccc2)cc1. The quantitative estimate of drug-likeness (QED) is 0.126. The van der Waals surface area contributed by atoms with Crippen molar-refractivity contribution in [1.29, 1.82) is 0 Å². The van der Waals surface area contributed by atoms with Gasteiger partial charge in [0, 0.05) is 24.9 Å². The Balaban J connectivity index is 1.12. The van der Waals surface area contributed by atoms with Gasteiger partial charge in [0.2, 0.25) is 0 Å². The van der Waals surface area contributed by atoms with Crippen LogP contribution in [-0.4, -0.2) is 83.4 Å². The molecule has 0 spiro atoms. The molecule has 3 heterocycles. The van der Waals surface area contributed by atoms with E-state index in [1.165, 1.54) is 5.56 Å². The molecule has 3 aromatic carbocycles. The first-order valence-electron chi connectivity index (χ1n) is 20.1. The molecular formula is C45H62O8S2. The Bertz CT molecular complexity index is 1540. The highest BCUT2D eigenvalue weighted by molar-refractivity contribution is 8.18. The zero-order valence-corrected chi connectivity index (χ0v) is 34.9. The van der Waals surface area contributed by atoms with E-state index in [-0.39, 0.29) is 36.3 Å². The zero-order chi connectivity index (χ0) is 38.7. The largest absolute Gasteiger partial charge is 0.497 e. The first-order chi connectivity index (χ1) is 26.7. The molecule has 3 aliphatic heterocycles. The van der Waals surface area contributed by atoms with Gasteiger partial charge in [-0.15, -0.1) is 23.5 Å². The van der Waals surface area contributed by atoms with Crippen LogP contribution in [0.2, 0.25) is 0 Å². The van der Waals surface area contributed by atoms with Crippen molar-refractivity contribution in [3.8, 4) is 5.75 Å². The van der Waals surface area contributed by atoms with E-state index < -0.39 is 22.1 Å². The minimum atomic E-state index is -0.745. The lowest BCUT2D eigenvalue weighted by atomic mass is 9.84. The monoisotopic (exact) mass is 794 g/mol. The fourth-order valence-electron chi connectivity index (χ4n) is 8.06. The molecule has 0 radical (unpaired) electrons. The number of hydrogen-bond acceptors (Lipinski definition) is 10. The van der Waals surface area contributed by atoms with Crippen LogP contribution in [-0.2, 0) is 48.2 Å². The number of aliphatic hydroxyl groups excluding tert-OH is 1. The third-order valence-electron chi connectivity index (χ3n) is 11.2. The van der Waals surface area contributed by atoms with Crippen LogP contribution in [0.1, 0.15) is 76.5 Å². The van der Waals surface area contributed by atoms with Gasteiger partial charge in [0.1, 0.15) is 18.0 Å². The van der Waals surface area contributed by atoms with E-state index in [2.05, 4.69) is 38.1 Å². The van der Waals surface area contributed by atoms with Gasteiger partial charge < -0.3 is 38.3 Å². The summed E-state index contributed by atoms with van der Waals surface area (Å²) in [6, 6.07) is 28.5. The highest BCUT2D eigenvalue weighted by Crippen LogP contribution is 2.53. The number of rotatable bonds is 18. The van der Waals surface area contributed by atoms with Crippen molar-refractivity contribution in [1.82, 2.24) is 0 Å². The maximum atomic E-state index is 12.6. The van der Waals surface area contributed by atoms with Gasteiger partial charge in [0.05, 0.1) is 62.0 Å². The molecule has 0 saturated carbocycles. The van der Waals surface area contributed by atoms with Crippen molar-refractivity contribution in [2.45, 2.75) is 126 Å². The number of thioether (sulfide) groups is 2. The van der Waals surface area contributed by atoms with E-state index in [1.54, 1.807) is 7.11 Å². The average molecular weight is 795 g/mol. The second-order valence-corrected chi connectivity index (χ2v) is 18.8. The van der Waals surface area contributed by atoms with Crippen molar-refractivity contribution in [3.05, 3.63) is 102 Å². The summed E-state index contributed by atoms with van der Waals surface area (Å²) in [4.78, 5) is 0. The molecular weight excluding hydrogens is 733 g/mol. The molecule has 1 N–H and O–H groups in total. The average Bonchev–Trinajstić information content (AvgIpc) is 3.20. The Morgan fingerprint density at radius 3 is 2.05 bits per heavy atom. The van der Waals surface area contributed by atoms with Gasteiger partial charge in [-0.05, 0) is 79.9 Å². The zero-order valence-electron chi connectivity index (χ0n) is 33.3. The molecule has 3 aromatic rings. The summed E-state index contributed by atoms with van der Waals surface area (Å²) < 4.78 is 44.0. The Morgan fingerprint density at radius 1 is 0.764 bits per heavy atom. The van der Waals surface area contributed by atoms with Crippen LogP contribution in [0.4, 0.5) is 0 Å². The number of aliphatic hydroxyl groups is 1. The summed E-state index contributed by atoms with van der Waals surface area (Å²) in [5, 5.41) is 12.6. The number of hydrogen-bond donors (Lipinski definition) is 1. The molecule has 0 amide bonds. The van der Waals surface area contributed by atoms with Crippen LogP contribution in [0, 0.1) is 11.8 Å². The normalized spacial score (nSPS) is 28.4. The maximum absolute atomic E-state index is 12.6. The van der Waals surface area contributed by atoms with Crippen LogP contribution in [0.3, 0.4) is 0 Å². The molecule has 10 heteroatoms. The van der Waals surface area contributed by atoms with Crippen molar-refractivity contribution < 1.29 is 38.3 Å². The van der Waals surface area contributed by atoms with Crippen LogP contribution < -0.4 is 4.74 Å². The smallest absolute Gasteiger partial charge is 0.163 e. The molecule has 302 valence electrons. The van der Waals surface area contributed by atoms with E-state index in [1.807, 2.05) is 98.0 Å². The predicted octanol–water partition coefficient (Wildman–Crippen LogP) is 9.06. The van der Waals surface area contributed by atoms with E-state index in [4.69, 9.17) is 33.2 Å². The first kappa shape index (κ1) is 42.5. The van der Waals surface area contributed by atoms with Gasteiger partial charge in [-0.3, -0.25) is 0 Å². The van der Waals surface area contributed by atoms with Gasteiger partial charge in [-0.2, -0.15) is 0 Å². The highest BCUT2D eigenvalue weighted by atomic mass is 32.2. The predicted molar refractivity (Wildman–Crippen MR) is 221 cm³/mol. The second-order valence-electron chi connectivity index (χ2n) is 15.7. The number of unbranched alkanes of at least 4 members (excludes halogenated alkanes) is 1. The molecule has 8 nitrogen and oxygen atoms in total. The molecule has 55 heavy (non-hydrogen) atoms. The molecule has 8 atom stereocenters. The maximum Gasteiger partial charge on any atom is 0.163 e. The summed E-state index contributed by atoms with van der Waals surface area (Å²) >= 11 is 3.75. The highest BCUT2D eigenvalue weighted by Gasteiger charge is 2.54. The summed E-state index contributed by atoms with van der Waals surface area (Å²) in [6.07, 6.45) is 2.97. The van der Waals surface area contributed by atoms with E-state index >= 15 is 0 Å². The molecule has 0 aliphatic carbocycles. The second kappa shape index (κ2) is 20.5. The van der Waals surface area contributed by atoms with Crippen molar-refractivity contribution in [2.75, 3.05) is 31.8 Å². The lowest BCUT2D eigenvalue weighted by Crippen LogP contribution is -2.60. The molecule has 6 rings (SSSR count). The van der Waals surface area contributed by atoms with Gasteiger partial charge in [-0.1, -0.05) is 86.6 Å². The fraction of sp³-hybridized carbons (Fsp3) is 0.600. The molecule has 0 unspecified atom stereocenters. The molecule has 0 bridgehead atoms. The number of ether oxygens (including phenoxy) is 7. The Morgan fingerprint density at radius 2 is 1.38 bits per heavy atom. The summed E-state index contributed by atoms with van der Waals surface area (Å²) in [6.45, 7) is 11.0. The lowest BCUT2D eigenvalue weighted by Gasteiger charge is -2.52. The third kappa shape index (κ3) is 11.7. The van der Waals surface area contributed by atoms with E-state index in [0.717, 1.165) is 60.7 Å². The summed E-state index contributed by atoms with van der Waals surface area (Å²) in [5.74, 6) is 2.09. The van der Waals surface area contributed by atoms with Crippen LogP contribution in [0.15, 0.2) is 84.9 Å². The lowest BCUT2D eigenvalue weighted by molar-refractivity contribution is -0.321. The van der Waals surface area contributed by atoms with Gasteiger partial charge in [-0.25, -0.2) is 0 Å². The van der Waals surface area contributed by atoms with Crippen LogP contribution in [0.5, 0.6) is 5.75 Å². The van der Waals surface area contributed by atoms with E-state index in [0.29, 0.717) is 32.8 Å². The number of benzene rings is 3. The third-order valence-corrected chi connectivity index (χ3v) is 14.7. The van der Waals surface area contributed by atoms with Gasteiger partial charge >= 0.3 is 0 Å².